The standard InChI is InChI=1S/C24H33N5O4/c1-5-17-7-6-12-27(17)19(30)11-10-18-15(4)26-29-22(18)28(13-14(2)3)23(32)20(24(29)33)21(31)25-16-8-9-16/h10-11,14,16-17,33H,5-9,12-13H2,1-4H3,(H,25,31). The second kappa shape index (κ2) is 9.03. The van der Waals surface area contributed by atoms with Crippen molar-refractivity contribution < 1.29 is 14.7 Å². The summed E-state index contributed by atoms with van der Waals surface area (Å²) in [5, 5.41) is 18.1. The maximum absolute atomic E-state index is 13.4. The zero-order valence-corrected chi connectivity index (χ0v) is 19.8. The van der Waals surface area contributed by atoms with E-state index in [1.165, 1.54) is 15.2 Å². The fourth-order valence-electron chi connectivity index (χ4n) is 4.58. The van der Waals surface area contributed by atoms with Crippen molar-refractivity contribution in [1.29, 1.82) is 0 Å². The minimum Gasteiger partial charge on any atom is -0.492 e. The van der Waals surface area contributed by atoms with Crippen LogP contribution in [0.2, 0.25) is 0 Å². The zero-order chi connectivity index (χ0) is 23.9. The first-order chi connectivity index (χ1) is 15.7. The minimum absolute atomic E-state index is 0.0481. The predicted octanol–water partition coefficient (Wildman–Crippen LogP) is 2.47. The van der Waals surface area contributed by atoms with E-state index in [-0.39, 0.29) is 29.5 Å². The second-order valence-corrected chi connectivity index (χ2v) is 9.56. The average Bonchev–Trinajstić information content (AvgIpc) is 3.32. The Hall–Kier alpha value is -3.10. The highest BCUT2D eigenvalue weighted by molar-refractivity contribution is 5.97. The van der Waals surface area contributed by atoms with E-state index in [0.717, 1.165) is 38.6 Å². The molecule has 2 aromatic heterocycles. The van der Waals surface area contributed by atoms with Gasteiger partial charge in [0.05, 0.1) is 5.69 Å². The third kappa shape index (κ3) is 4.41. The van der Waals surface area contributed by atoms with Crippen LogP contribution < -0.4 is 10.9 Å². The molecule has 2 aliphatic rings. The molecule has 2 fully saturated rings. The summed E-state index contributed by atoms with van der Waals surface area (Å²) in [6.45, 7) is 8.87. The first-order valence-corrected chi connectivity index (χ1v) is 11.9. The predicted molar refractivity (Wildman–Crippen MR) is 125 cm³/mol. The van der Waals surface area contributed by atoms with Crippen LogP contribution in [0, 0.1) is 12.8 Å². The molecule has 0 radical (unpaired) electrons. The molecule has 33 heavy (non-hydrogen) atoms. The molecule has 1 saturated carbocycles. The number of likely N-dealkylation sites (tertiary alicyclic amines) is 1. The Morgan fingerprint density at radius 1 is 1.27 bits per heavy atom. The monoisotopic (exact) mass is 455 g/mol. The number of amides is 2. The lowest BCUT2D eigenvalue weighted by atomic mass is 10.1. The summed E-state index contributed by atoms with van der Waals surface area (Å²) in [6, 6.07) is 0.301. The van der Waals surface area contributed by atoms with Crippen molar-refractivity contribution in [2.45, 2.75) is 78.4 Å². The third-order valence-electron chi connectivity index (χ3n) is 6.43. The van der Waals surface area contributed by atoms with Crippen molar-refractivity contribution in [1.82, 2.24) is 24.4 Å². The minimum atomic E-state index is -0.584. The Kier molecular flexibility index (Phi) is 6.32. The number of hydrogen-bond donors (Lipinski definition) is 2. The quantitative estimate of drug-likeness (QED) is 0.624. The molecule has 0 aromatic carbocycles. The van der Waals surface area contributed by atoms with Crippen LogP contribution >= 0.6 is 0 Å². The van der Waals surface area contributed by atoms with Crippen molar-refractivity contribution in [2.75, 3.05) is 6.54 Å². The van der Waals surface area contributed by atoms with Crippen LogP contribution in [0.15, 0.2) is 10.9 Å². The fourth-order valence-corrected chi connectivity index (χ4v) is 4.58. The van der Waals surface area contributed by atoms with E-state index in [4.69, 9.17) is 0 Å². The van der Waals surface area contributed by atoms with Gasteiger partial charge < -0.3 is 15.3 Å². The van der Waals surface area contributed by atoms with Crippen LogP contribution in [0.5, 0.6) is 5.88 Å². The molecule has 1 aliphatic heterocycles. The summed E-state index contributed by atoms with van der Waals surface area (Å²) in [4.78, 5) is 40.8. The van der Waals surface area contributed by atoms with Gasteiger partial charge in [-0.1, -0.05) is 20.8 Å². The molecule has 0 bridgehead atoms. The topological polar surface area (TPSA) is 109 Å². The van der Waals surface area contributed by atoms with E-state index in [0.29, 0.717) is 23.4 Å². The molecule has 9 heteroatoms. The van der Waals surface area contributed by atoms with E-state index in [1.54, 1.807) is 13.0 Å². The van der Waals surface area contributed by atoms with Crippen molar-refractivity contribution in [2.24, 2.45) is 5.92 Å². The molecule has 1 atom stereocenters. The number of fused-ring (bicyclic) bond motifs is 1. The number of aryl methyl sites for hydroxylation is 1. The molecular weight excluding hydrogens is 422 g/mol. The van der Waals surface area contributed by atoms with Gasteiger partial charge in [-0.3, -0.25) is 19.0 Å². The summed E-state index contributed by atoms with van der Waals surface area (Å²) >= 11 is 0. The lowest BCUT2D eigenvalue weighted by molar-refractivity contribution is -0.126. The SMILES string of the molecule is CCC1CCCN1C(=O)C=Cc1c(C)nn2c(O)c(C(=O)NC3CC3)c(=O)n(CC(C)C)c12. The van der Waals surface area contributed by atoms with Gasteiger partial charge in [0, 0.05) is 36.8 Å². The lowest BCUT2D eigenvalue weighted by Gasteiger charge is -2.21. The molecule has 2 N–H and O–H groups in total. The molecule has 2 aromatic rings. The number of nitrogens with one attached hydrogen (secondary N) is 1. The fraction of sp³-hybridized carbons (Fsp3) is 0.583. The summed E-state index contributed by atoms with van der Waals surface area (Å²) < 4.78 is 2.73. The van der Waals surface area contributed by atoms with Gasteiger partial charge in [0.25, 0.3) is 11.5 Å². The van der Waals surface area contributed by atoms with Crippen molar-refractivity contribution >= 4 is 23.5 Å². The number of rotatable bonds is 7. The molecule has 0 spiro atoms. The van der Waals surface area contributed by atoms with Gasteiger partial charge in [-0.25, -0.2) is 0 Å². The third-order valence-corrected chi connectivity index (χ3v) is 6.43. The van der Waals surface area contributed by atoms with Gasteiger partial charge in [0.1, 0.15) is 5.65 Å². The summed E-state index contributed by atoms with van der Waals surface area (Å²) in [5.74, 6) is -1.02. The number of nitrogens with zero attached hydrogens (tertiary/aromatic N) is 4. The van der Waals surface area contributed by atoms with E-state index in [9.17, 15) is 19.5 Å². The van der Waals surface area contributed by atoms with Crippen LogP contribution in [0.25, 0.3) is 11.7 Å². The maximum atomic E-state index is 13.4. The normalized spacial score (nSPS) is 18.7. The van der Waals surface area contributed by atoms with Crippen LogP contribution in [-0.2, 0) is 11.3 Å². The van der Waals surface area contributed by atoms with Gasteiger partial charge in [-0.15, -0.1) is 0 Å². The van der Waals surface area contributed by atoms with Crippen molar-refractivity contribution in [3.8, 4) is 5.88 Å². The molecule has 2 amide bonds. The number of hydrogen-bond acceptors (Lipinski definition) is 5. The van der Waals surface area contributed by atoms with E-state index < -0.39 is 17.3 Å². The Morgan fingerprint density at radius 3 is 2.64 bits per heavy atom. The lowest BCUT2D eigenvalue weighted by Crippen LogP contribution is -2.36. The van der Waals surface area contributed by atoms with Gasteiger partial charge in [0.15, 0.2) is 5.56 Å². The molecule has 1 unspecified atom stereocenters. The molecule has 4 rings (SSSR count). The van der Waals surface area contributed by atoms with E-state index in [1.807, 2.05) is 18.7 Å². The molecule has 1 saturated heterocycles. The zero-order valence-electron chi connectivity index (χ0n) is 19.8. The van der Waals surface area contributed by atoms with Gasteiger partial charge in [-0.05, 0) is 51.0 Å². The number of aromatic nitrogens is 3. The highest BCUT2D eigenvalue weighted by atomic mass is 16.3. The number of carbonyl (C=O) groups excluding carboxylic acids is 2. The summed E-state index contributed by atoms with van der Waals surface area (Å²) in [5.41, 5.74) is 0.659. The highest BCUT2D eigenvalue weighted by Crippen LogP contribution is 2.26. The number of carbonyl (C=O) groups is 2. The van der Waals surface area contributed by atoms with Gasteiger partial charge in [0.2, 0.25) is 11.8 Å². The highest BCUT2D eigenvalue weighted by Gasteiger charge is 2.30. The molecule has 3 heterocycles. The maximum Gasteiger partial charge on any atom is 0.270 e. The Labute approximate surface area is 193 Å². The Balaban J connectivity index is 1.80. The Morgan fingerprint density at radius 2 is 2.00 bits per heavy atom. The van der Waals surface area contributed by atoms with Crippen LogP contribution in [-0.4, -0.2) is 54.6 Å². The first kappa shape index (κ1) is 23.1. The molecular formula is C24H33N5O4. The van der Waals surface area contributed by atoms with Crippen molar-refractivity contribution in [3.63, 3.8) is 0 Å². The molecule has 9 nitrogen and oxygen atoms in total. The van der Waals surface area contributed by atoms with Crippen molar-refractivity contribution in [3.05, 3.63) is 33.3 Å². The summed E-state index contributed by atoms with van der Waals surface area (Å²) in [6.07, 6.45) is 7.87. The van der Waals surface area contributed by atoms with Gasteiger partial charge in [-0.2, -0.15) is 9.61 Å². The van der Waals surface area contributed by atoms with E-state index >= 15 is 0 Å². The summed E-state index contributed by atoms with van der Waals surface area (Å²) in [7, 11) is 0. The molecule has 178 valence electrons. The largest absolute Gasteiger partial charge is 0.492 e. The van der Waals surface area contributed by atoms with E-state index in [2.05, 4.69) is 17.3 Å². The van der Waals surface area contributed by atoms with Crippen LogP contribution in [0.3, 0.4) is 0 Å². The molecule has 1 aliphatic carbocycles. The van der Waals surface area contributed by atoms with Crippen LogP contribution in [0.1, 0.15) is 74.5 Å². The average molecular weight is 456 g/mol. The van der Waals surface area contributed by atoms with Gasteiger partial charge >= 0.3 is 0 Å². The number of aromatic hydroxyl groups is 1. The first-order valence-electron chi connectivity index (χ1n) is 11.9. The second-order valence-electron chi connectivity index (χ2n) is 9.56. The Bertz CT molecular complexity index is 1170. The smallest absolute Gasteiger partial charge is 0.270 e. The van der Waals surface area contributed by atoms with Crippen LogP contribution in [0.4, 0.5) is 0 Å².